The largest absolute Gasteiger partial charge is 0.496 e. The van der Waals surface area contributed by atoms with Crippen molar-refractivity contribution in [2.75, 3.05) is 46.4 Å². The van der Waals surface area contributed by atoms with Gasteiger partial charge < -0.3 is 10.1 Å². The van der Waals surface area contributed by atoms with Gasteiger partial charge in [0.15, 0.2) is 0 Å². The molecule has 2 saturated heterocycles. The van der Waals surface area contributed by atoms with Crippen LogP contribution < -0.4 is 10.1 Å². The van der Waals surface area contributed by atoms with E-state index in [9.17, 15) is 9.59 Å². The molecular formula is C19H28N4O3. The van der Waals surface area contributed by atoms with Crippen molar-refractivity contribution >= 4 is 11.9 Å². The molecule has 3 amide bonds. The molecule has 0 bridgehead atoms. The number of methoxy groups -OCH3 is 1. The summed E-state index contributed by atoms with van der Waals surface area (Å²) in [4.78, 5) is 30.1. The van der Waals surface area contributed by atoms with Crippen LogP contribution in [0.5, 0.6) is 5.75 Å². The van der Waals surface area contributed by atoms with Crippen LogP contribution in [-0.2, 0) is 11.3 Å². The number of nitrogens with one attached hydrogen (secondary N) is 1. The maximum atomic E-state index is 12.5. The predicted molar refractivity (Wildman–Crippen MR) is 99.2 cm³/mol. The minimum atomic E-state index is -0.271. The molecule has 7 nitrogen and oxygen atoms in total. The lowest BCUT2D eigenvalue weighted by Gasteiger charge is -2.38. The molecule has 0 aromatic heterocycles. The number of carbonyl (C=O) groups is 2. The Balaban J connectivity index is 1.55. The number of ether oxygens (including phenoxy) is 1. The van der Waals surface area contributed by atoms with Gasteiger partial charge in [-0.15, -0.1) is 0 Å². The van der Waals surface area contributed by atoms with Crippen molar-refractivity contribution in [3.8, 4) is 5.75 Å². The van der Waals surface area contributed by atoms with Crippen molar-refractivity contribution in [2.45, 2.75) is 26.4 Å². The van der Waals surface area contributed by atoms with Crippen molar-refractivity contribution in [1.29, 1.82) is 0 Å². The number of hydrogen-bond acceptors (Lipinski definition) is 5. The Morgan fingerprint density at radius 1 is 1.23 bits per heavy atom. The predicted octanol–water partition coefficient (Wildman–Crippen LogP) is 1.06. The van der Waals surface area contributed by atoms with Gasteiger partial charge >= 0.3 is 6.03 Å². The summed E-state index contributed by atoms with van der Waals surface area (Å²) < 4.78 is 5.47. The first-order valence-corrected chi connectivity index (χ1v) is 9.18. The minimum absolute atomic E-state index is 0.103. The molecule has 3 rings (SSSR count). The van der Waals surface area contributed by atoms with Crippen molar-refractivity contribution in [1.82, 2.24) is 20.0 Å². The van der Waals surface area contributed by atoms with Gasteiger partial charge in [-0.3, -0.25) is 19.5 Å². The number of benzene rings is 1. The molecule has 2 fully saturated rings. The van der Waals surface area contributed by atoms with Crippen LogP contribution in [0.4, 0.5) is 4.79 Å². The van der Waals surface area contributed by atoms with Crippen molar-refractivity contribution < 1.29 is 14.3 Å². The van der Waals surface area contributed by atoms with Crippen molar-refractivity contribution in [3.05, 3.63) is 29.3 Å². The number of carbonyl (C=O) groups excluding carboxylic acids is 2. The monoisotopic (exact) mass is 360 g/mol. The zero-order valence-electron chi connectivity index (χ0n) is 15.8. The van der Waals surface area contributed by atoms with Crippen LogP contribution in [0.3, 0.4) is 0 Å². The number of imide groups is 1. The molecule has 2 heterocycles. The molecule has 0 radical (unpaired) electrons. The van der Waals surface area contributed by atoms with Crippen LogP contribution in [0.2, 0.25) is 0 Å². The molecule has 0 spiro atoms. The number of aryl methyl sites for hydroxylation is 1. The Hall–Kier alpha value is -2.12. The lowest BCUT2D eigenvalue weighted by Crippen LogP contribution is -2.54. The zero-order valence-corrected chi connectivity index (χ0v) is 15.8. The summed E-state index contributed by atoms with van der Waals surface area (Å²) in [7, 11) is 1.70. The third-order valence-electron chi connectivity index (χ3n) is 5.26. The lowest BCUT2D eigenvalue weighted by atomic mass is 10.1. The maximum absolute atomic E-state index is 12.5. The molecule has 2 aliphatic heterocycles. The summed E-state index contributed by atoms with van der Waals surface area (Å²) >= 11 is 0. The second-order valence-electron chi connectivity index (χ2n) is 7.03. The Morgan fingerprint density at radius 3 is 2.58 bits per heavy atom. The standard InChI is InChI=1S/C19H28N4O3/c1-14-4-5-17(26-3)16(12-14)13-21-8-10-22(11-9-21)15(2)18(24)23-7-6-20-19(23)25/h4-5,12,15H,6-11,13H2,1-3H3,(H,20,25)/t15-/m1/s1. The Morgan fingerprint density at radius 2 is 1.96 bits per heavy atom. The van der Waals surface area contributed by atoms with E-state index in [4.69, 9.17) is 4.74 Å². The number of urea groups is 1. The second-order valence-corrected chi connectivity index (χ2v) is 7.03. The van der Waals surface area contributed by atoms with Gasteiger partial charge in [-0.2, -0.15) is 0 Å². The summed E-state index contributed by atoms with van der Waals surface area (Å²) in [6, 6.07) is 5.70. The molecule has 142 valence electrons. The van der Waals surface area contributed by atoms with Gasteiger partial charge in [0.05, 0.1) is 13.2 Å². The Labute approximate surface area is 154 Å². The number of amides is 3. The first kappa shape index (κ1) is 18.7. The Bertz CT molecular complexity index is 671. The topological polar surface area (TPSA) is 65.1 Å². The van der Waals surface area contributed by atoms with Gasteiger partial charge in [-0.05, 0) is 19.9 Å². The first-order valence-electron chi connectivity index (χ1n) is 9.18. The zero-order chi connectivity index (χ0) is 18.7. The summed E-state index contributed by atoms with van der Waals surface area (Å²) in [5.74, 6) is 0.815. The van der Waals surface area contributed by atoms with E-state index in [1.165, 1.54) is 16.0 Å². The third-order valence-corrected chi connectivity index (χ3v) is 5.26. The highest BCUT2D eigenvalue weighted by molar-refractivity contribution is 5.98. The van der Waals surface area contributed by atoms with E-state index in [0.717, 1.165) is 38.5 Å². The smallest absolute Gasteiger partial charge is 0.324 e. The van der Waals surface area contributed by atoms with Crippen LogP contribution in [0.25, 0.3) is 0 Å². The van der Waals surface area contributed by atoms with Crippen LogP contribution in [0, 0.1) is 6.92 Å². The highest BCUT2D eigenvalue weighted by atomic mass is 16.5. The fraction of sp³-hybridized carbons (Fsp3) is 0.579. The minimum Gasteiger partial charge on any atom is -0.496 e. The fourth-order valence-corrected chi connectivity index (χ4v) is 3.64. The molecule has 1 atom stereocenters. The van der Waals surface area contributed by atoms with Gasteiger partial charge in [0.25, 0.3) is 0 Å². The number of piperazine rings is 1. The molecule has 1 N–H and O–H groups in total. The van der Waals surface area contributed by atoms with E-state index >= 15 is 0 Å². The summed E-state index contributed by atoms with van der Waals surface area (Å²) in [5, 5.41) is 2.69. The van der Waals surface area contributed by atoms with Crippen LogP contribution >= 0.6 is 0 Å². The maximum Gasteiger partial charge on any atom is 0.324 e. The SMILES string of the molecule is COc1ccc(C)cc1CN1CCN([C@H](C)C(=O)N2CCNC2=O)CC1. The first-order chi connectivity index (χ1) is 12.5. The quantitative estimate of drug-likeness (QED) is 0.851. The molecule has 0 aliphatic carbocycles. The number of rotatable bonds is 5. The van der Waals surface area contributed by atoms with E-state index in [1.54, 1.807) is 7.11 Å². The molecule has 0 unspecified atom stereocenters. The van der Waals surface area contributed by atoms with E-state index in [-0.39, 0.29) is 18.0 Å². The average Bonchev–Trinajstić information content (AvgIpc) is 3.07. The van der Waals surface area contributed by atoms with Crippen molar-refractivity contribution in [3.63, 3.8) is 0 Å². The van der Waals surface area contributed by atoms with E-state index < -0.39 is 0 Å². The van der Waals surface area contributed by atoms with E-state index in [0.29, 0.717) is 13.1 Å². The molecule has 1 aromatic rings. The van der Waals surface area contributed by atoms with Gasteiger partial charge in [0.1, 0.15) is 5.75 Å². The molecule has 7 heteroatoms. The van der Waals surface area contributed by atoms with Gasteiger partial charge in [0, 0.05) is 51.4 Å². The van der Waals surface area contributed by atoms with Crippen LogP contribution in [0.15, 0.2) is 18.2 Å². The average molecular weight is 360 g/mol. The summed E-state index contributed by atoms with van der Waals surface area (Å²) in [6.07, 6.45) is 0. The molecule has 2 aliphatic rings. The number of hydrogen-bond donors (Lipinski definition) is 1. The molecular weight excluding hydrogens is 332 g/mol. The van der Waals surface area contributed by atoms with Gasteiger partial charge in [-0.1, -0.05) is 17.7 Å². The van der Waals surface area contributed by atoms with Crippen molar-refractivity contribution in [2.24, 2.45) is 0 Å². The molecule has 0 saturated carbocycles. The number of nitrogens with zero attached hydrogens (tertiary/aromatic N) is 3. The van der Waals surface area contributed by atoms with E-state index in [1.807, 2.05) is 13.0 Å². The normalized spacial score (nSPS) is 20.1. The third kappa shape index (κ3) is 3.99. The van der Waals surface area contributed by atoms with E-state index in [2.05, 4.69) is 34.2 Å². The molecule has 1 aromatic carbocycles. The highest BCUT2D eigenvalue weighted by Crippen LogP contribution is 2.22. The lowest BCUT2D eigenvalue weighted by molar-refractivity contribution is -0.133. The second kappa shape index (κ2) is 8.05. The summed E-state index contributed by atoms with van der Waals surface area (Å²) in [5.41, 5.74) is 2.42. The highest BCUT2D eigenvalue weighted by Gasteiger charge is 2.33. The fourth-order valence-electron chi connectivity index (χ4n) is 3.64. The van der Waals surface area contributed by atoms with Gasteiger partial charge in [-0.25, -0.2) is 4.79 Å². The van der Waals surface area contributed by atoms with Crippen LogP contribution in [-0.4, -0.2) is 79.1 Å². The summed E-state index contributed by atoms with van der Waals surface area (Å²) in [6.45, 7) is 9.25. The van der Waals surface area contributed by atoms with Crippen LogP contribution in [0.1, 0.15) is 18.1 Å². The Kier molecular flexibility index (Phi) is 5.78. The van der Waals surface area contributed by atoms with Gasteiger partial charge in [0.2, 0.25) is 5.91 Å². The molecule has 26 heavy (non-hydrogen) atoms.